The van der Waals surface area contributed by atoms with Gasteiger partial charge >= 0.3 is 0 Å². The molecule has 58 valence electrons. The van der Waals surface area contributed by atoms with Crippen molar-refractivity contribution in [3.8, 4) is 12.3 Å². The Kier molecular flexibility index (Phi) is 1.38. The second-order valence-electron chi connectivity index (χ2n) is 2.56. The molecule has 2 nitrogen and oxygen atoms in total. The van der Waals surface area contributed by atoms with Crippen molar-refractivity contribution in [1.82, 2.24) is 4.98 Å². The molecular weight excluding hydrogens is 150 g/mol. The standard InChI is InChI=1S/C10H7NO/c1-3-8-4-5-9-10(6-8)12-7(2)11-9/h1,4-6H,2H3. The Hall–Kier alpha value is -1.75. The SMILES string of the molecule is C#Cc1ccc2nc(C)oc2c1. The number of hydrogen-bond acceptors (Lipinski definition) is 2. The third-order valence-corrected chi connectivity index (χ3v) is 1.66. The van der Waals surface area contributed by atoms with E-state index in [1.807, 2.05) is 25.1 Å². The second kappa shape index (κ2) is 2.38. The average molecular weight is 157 g/mol. The third-order valence-electron chi connectivity index (χ3n) is 1.66. The zero-order valence-electron chi connectivity index (χ0n) is 6.66. The summed E-state index contributed by atoms with van der Waals surface area (Å²) in [5.41, 5.74) is 2.42. The molecule has 0 saturated heterocycles. The molecule has 0 radical (unpaired) electrons. The van der Waals surface area contributed by atoms with Gasteiger partial charge < -0.3 is 4.42 Å². The first-order chi connectivity index (χ1) is 5.79. The fourth-order valence-corrected chi connectivity index (χ4v) is 1.13. The van der Waals surface area contributed by atoms with Crippen molar-refractivity contribution in [2.24, 2.45) is 0 Å². The maximum Gasteiger partial charge on any atom is 0.192 e. The van der Waals surface area contributed by atoms with Gasteiger partial charge in [0.05, 0.1) is 0 Å². The number of aryl methyl sites for hydroxylation is 1. The van der Waals surface area contributed by atoms with Crippen molar-refractivity contribution < 1.29 is 4.42 Å². The summed E-state index contributed by atoms with van der Waals surface area (Å²) in [6, 6.07) is 5.53. The van der Waals surface area contributed by atoms with Gasteiger partial charge in [0.25, 0.3) is 0 Å². The van der Waals surface area contributed by atoms with E-state index >= 15 is 0 Å². The molecule has 2 heteroatoms. The van der Waals surface area contributed by atoms with E-state index in [1.54, 1.807) is 0 Å². The molecule has 0 fully saturated rings. The molecule has 0 N–H and O–H groups in total. The Labute approximate surface area is 70.2 Å². The van der Waals surface area contributed by atoms with Gasteiger partial charge in [0.2, 0.25) is 0 Å². The number of fused-ring (bicyclic) bond motifs is 1. The first kappa shape index (κ1) is 6.93. The van der Waals surface area contributed by atoms with E-state index in [-0.39, 0.29) is 0 Å². The van der Waals surface area contributed by atoms with Gasteiger partial charge in [-0.15, -0.1) is 6.42 Å². The minimum absolute atomic E-state index is 0.666. The Bertz CT molecular complexity index is 462. The predicted molar refractivity (Wildman–Crippen MR) is 46.7 cm³/mol. The summed E-state index contributed by atoms with van der Waals surface area (Å²) in [6.45, 7) is 1.82. The molecule has 2 rings (SSSR count). The van der Waals surface area contributed by atoms with Crippen LogP contribution >= 0.6 is 0 Å². The summed E-state index contributed by atoms with van der Waals surface area (Å²) in [5, 5.41) is 0. The largest absolute Gasteiger partial charge is 0.441 e. The lowest BCUT2D eigenvalue weighted by Crippen LogP contribution is -1.72. The van der Waals surface area contributed by atoms with E-state index in [4.69, 9.17) is 10.8 Å². The Morgan fingerprint density at radius 3 is 3.08 bits per heavy atom. The molecule has 1 heterocycles. The molecule has 0 aliphatic carbocycles. The Morgan fingerprint density at radius 2 is 2.33 bits per heavy atom. The van der Waals surface area contributed by atoms with Gasteiger partial charge in [0.1, 0.15) is 5.52 Å². The van der Waals surface area contributed by atoms with E-state index in [2.05, 4.69) is 10.9 Å². The molecule has 0 bridgehead atoms. The fourth-order valence-electron chi connectivity index (χ4n) is 1.13. The van der Waals surface area contributed by atoms with Crippen molar-refractivity contribution in [3.05, 3.63) is 29.7 Å². The molecule has 1 aromatic carbocycles. The van der Waals surface area contributed by atoms with Crippen molar-refractivity contribution in [2.45, 2.75) is 6.92 Å². The monoisotopic (exact) mass is 157 g/mol. The number of nitrogens with zero attached hydrogens (tertiary/aromatic N) is 1. The number of terminal acetylenes is 1. The zero-order chi connectivity index (χ0) is 8.55. The highest BCUT2D eigenvalue weighted by molar-refractivity contribution is 5.74. The Balaban J connectivity index is 2.77. The van der Waals surface area contributed by atoms with Crippen LogP contribution in [0.1, 0.15) is 11.5 Å². The minimum Gasteiger partial charge on any atom is -0.441 e. The lowest BCUT2D eigenvalue weighted by molar-refractivity contribution is 0.561. The van der Waals surface area contributed by atoms with E-state index in [0.29, 0.717) is 5.89 Å². The highest BCUT2D eigenvalue weighted by Gasteiger charge is 2.00. The molecule has 0 atom stereocenters. The van der Waals surface area contributed by atoms with Crippen LogP contribution in [0.25, 0.3) is 11.1 Å². The summed E-state index contributed by atoms with van der Waals surface area (Å²) in [6.07, 6.45) is 5.24. The number of hydrogen-bond donors (Lipinski definition) is 0. The van der Waals surface area contributed by atoms with Crippen LogP contribution < -0.4 is 0 Å². The van der Waals surface area contributed by atoms with Gasteiger partial charge in [-0.25, -0.2) is 4.98 Å². The van der Waals surface area contributed by atoms with Crippen LogP contribution in [0, 0.1) is 19.3 Å². The van der Waals surface area contributed by atoms with Crippen LogP contribution in [-0.2, 0) is 0 Å². The van der Waals surface area contributed by atoms with Gasteiger partial charge in [-0.05, 0) is 18.2 Å². The van der Waals surface area contributed by atoms with Crippen molar-refractivity contribution in [2.75, 3.05) is 0 Å². The first-order valence-electron chi connectivity index (χ1n) is 3.63. The summed E-state index contributed by atoms with van der Waals surface area (Å²) in [7, 11) is 0. The molecule has 0 spiro atoms. The molecule has 0 aliphatic heterocycles. The normalized spacial score (nSPS) is 10.0. The van der Waals surface area contributed by atoms with Gasteiger partial charge in [-0.2, -0.15) is 0 Å². The summed E-state index contributed by atoms with van der Waals surface area (Å²) < 4.78 is 5.30. The first-order valence-corrected chi connectivity index (χ1v) is 3.63. The molecule has 0 amide bonds. The van der Waals surface area contributed by atoms with Crippen molar-refractivity contribution in [3.63, 3.8) is 0 Å². The molecule has 2 aromatic rings. The smallest absolute Gasteiger partial charge is 0.192 e. The van der Waals surface area contributed by atoms with Gasteiger partial charge in [0.15, 0.2) is 11.5 Å². The molecule has 12 heavy (non-hydrogen) atoms. The van der Waals surface area contributed by atoms with Crippen LogP contribution in [-0.4, -0.2) is 4.98 Å². The van der Waals surface area contributed by atoms with E-state index in [9.17, 15) is 0 Å². The molecule has 1 aromatic heterocycles. The number of rotatable bonds is 0. The van der Waals surface area contributed by atoms with Crippen LogP contribution in [0.2, 0.25) is 0 Å². The second-order valence-corrected chi connectivity index (χ2v) is 2.56. The molecule has 0 saturated carbocycles. The zero-order valence-corrected chi connectivity index (χ0v) is 6.66. The maximum atomic E-state index is 5.30. The maximum absolute atomic E-state index is 5.30. The molecule has 0 aliphatic rings. The van der Waals surface area contributed by atoms with Gasteiger partial charge in [-0.1, -0.05) is 5.92 Å². The third kappa shape index (κ3) is 0.960. The highest BCUT2D eigenvalue weighted by Crippen LogP contribution is 2.15. The lowest BCUT2D eigenvalue weighted by Gasteiger charge is -1.87. The number of benzene rings is 1. The summed E-state index contributed by atoms with van der Waals surface area (Å²) in [5.74, 6) is 3.21. The van der Waals surface area contributed by atoms with Crippen molar-refractivity contribution in [1.29, 1.82) is 0 Å². The summed E-state index contributed by atoms with van der Waals surface area (Å²) in [4.78, 5) is 4.15. The van der Waals surface area contributed by atoms with E-state index in [1.165, 1.54) is 0 Å². The van der Waals surface area contributed by atoms with Crippen molar-refractivity contribution >= 4 is 11.1 Å². The number of oxazole rings is 1. The van der Waals surface area contributed by atoms with E-state index < -0.39 is 0 Å². The van der Waals surface area contributed by atoms with Crippen LogP contribution in [0.5, 0.6) is 0 Å². The van der Waals surface area contributed by atoms with E-state index in [0.717, 1.165) is 16.7 Å². The quantitative estimate of drug-likeness (QED) is 0.547. The average Bonchev–Trinajstić information content (AvgIpc) is 2.43. The minimum atomic E-state index is 0.666. The highest BCUT2D eigenvalue weighted by atomic mass is 16.3. The predicted octanol–water partition coefficient (Wildman–Crippen LogP) is 2.12. The summed E-state index contributed by atoms with van der Waals surface area (Å²) >= 11 is 0. The van der Waals surface area contributed by atoms with Crippen LogP contribution in [0.15, 0.2) is 22.6 Å². The van der Waals surface area contributed by atoms with Crippen LogP contribution in [0.3, 0.4) is 0 Å². The molecule has 0 unspecified atom stereocenters. The molecular formula is C10H7NO. The van der Waals surface area contributed by atoms with Crippen LogP contribution in [0.4, 0.5) is 0 Å². The van der Waals surface area contributed by atoms with Gasteiger partial charge in [0, 0.05) is 12.5 Å². The lowest BCUT2D eigenvalue weighted by atomic mass is 10.2. The number of aromatic nitrogens is 1. The van der Waals surface area contributed by atoms with Gasteiger partial charge in [-0.3, -0.25) is 0 Å². The fraction of sp³-hybridized carbons (Fsp3) is 0.100. The topological polar surface area (TPSA) is 26.0 Å². The Morgan fingerprint density at radius 1 is 1.50 bits per heavy atom.